The van der Waals surface area contributed by atoms with E-state index < -0.39 is 23.5 Å². The van der Waals surface area contributed by atoms with Crippen molar-refractivity contribution < 1.29 is 24.2 Å². The largest absolute Gasteiger partial charge is 0.507 e. The number of amides is 1. The molecule has 1 amide bonds. The van der Waals surface area contributed by atoms with Crippen molar-refractivity contribution in [3.63, 3.8) is 0 Å². The van der Waals surface area contributed by atoms with Gasteiger partial charge in [0.05, 0.1) is 35.4 Å². The van der Waals surface area contributed by atoms with Crippen molar-refractivity contribution in [3.05, 3.63) is 63.1 Å². The summed E-state index contributed by atoms with van der Waals surface area (Å²) in [5.74, 6) is -1.70. The van der Waals surface area contributed by atoms with Crippen molar-refractivity contribution in [2.24, 2.45) is 0 Å². The molecule has 180 valence electrons. The van der Waals surface area contributed by atoms with Crippen LogP contribution in [-0.4, -0.2) is 62.2 Å². The van der Waals surface area contributed by atoms with Crippen LogP contribution in [-0.2, 0) is 14.3 Å². The van der Waals surface area contributed by atoms with Gasteiger partial charge < -0.3 is 24.4 Å². The Morgan fingerprint density at radius 2 is 1.91 bits per heavy atom. The van der Waals surface area contributed by atoms with Gasteiger partial charge in [-0.25, -0.2) is 0 Å². The van der Waals surface area contributed by atoms with Gasteiger partial charge in [-0.05, 0) is 42.7 Å². The first-order chi connectivity index (χ1) is 16.2. The lowest BCUT2D eigenvalue weighted by Gasteiger charge is -2.28. The quantitative estimate of drug-likeness (QED) is 0.349. The number of benzene rings is 2. The SMILES string of the molecule is COc1c(Cl)cc(Cl)cc1/C(O)=C1\C(=O)C(=O)N(CC2CCCO2)C1c1ccc(N(C)C)cc1. The molecule has 1 N–H and O–H groups in total. The molecule has 2 unspecified atom stereocenters. The van der Waals surface area contributed by atoms with E-state index in [1.54, 1.807) is 0 Å². The highest BCUT2D eigenvalue weighted by molar-refractivity contribution is 6.46. The van der Waals surface area contributed by atoms with Crippen LogP contribution in [0.4, 0.5) is 5.69 Å². The Bertz CT molecular complexity index is 1140. The molecule has 9 heteroatoms. The third-order valence-corrected chi connectivity index (χ3v) is 6.66. The van der Waals surface area contributed by atoms with E-state index in [1.165, 1.54) is 24.1 Å². The molecule has 34 heavy (non-hydrogen) atoms. The van der Waals surface area contributed by atoms with Crippen LogP contribution >= 0.6 is 23.2 Å². The molecule has 2 aromatic rings. The smallest absolute Gasteiger partial charge is 0.295 e. The lowest BCUT2D eigenvalue weighted by molar-refractivity contribution is -0.140. The van der Waals surface area contributed by atoms with Gasteiger partial charge in [-0.2, -0.15) is 0 Å². The second kappa shape index (κ2) is 9.86. The second-order valence-corrected chi connectivity index (χ2v) is 9.38. The number of halogens is 2. The van der Waals surface area contributed by atoms with E-state index >= 15 is 0 Å². The summed E-state index contributed by atoms with van der Waals surface area (Å²) < 4.78 is 11.1. The number of aliphatic hydroxyl groups excluding tert-OH is 1. The van der Waals surface area contributed by atoms with E-state index in [9.17, 15) is 14.7 Å². The molecule has 2 heterocycles. The number of ketones is 1. The first-order valence-corrected chi connectivity index (χ1v) is 11.7. The average Bonchev–Trinajstić information content (AvgIpc) is 3.40. The van der Waals surface area contributed by atoms with Crippen LogP contribution in [0.1, 0.15) is 30.0 Å². The predicted molar refractivity (Wildman–Crippen MR) is 132 cm³/mol. The van der Waals surface area contributed by atoms with Crippen molar-refractivity contribution in [2.45, 2.75) is 25.0 Å². The van der Waals surface area contributed by atoms with Crippen LogP contribution in [0.5, 0.6) is 5.75 Å². The molecule has 0 saturated carbocycles. The van der Waals surface area contributed by atoms with Crippen molar-refractivity contribution >= 4 is 46.3 Å². The molecule has 2 atom stereocenters. The predicted octanol–water partition coefficient (Wildman–Crippen LogP) is 4.67. The van der Waals surface area contributed by atoms with Gasteiger partial charge in [0.15, 0.2) is 0 Å². The van der Waals surface area contributed by atoms with E-state index in [-0.39, 0.29) is 39.6 Å². The van der Waals surface area contributed by atoms with Crippen LogP contribution < -0.4 is 9.64 Å². The fraction of sp³-hybridized carbons (Fsp3) is 0.360. The van der Waals surface area contributed by atoms with E-state index in [0.29, 0.717) is 12.2 Å². The maximum absolute atomic E-state index is 13.3. The summed E-state index contributed by atoms with van der Waals surface area (Å²) in [4.78, 5) is 29.9. The Morgan fingerprint density at radius 3 is 2.50 bits per heavy atom. The number of carbonyl (C=O) groups is 2. The molecule has 2 fully saturated rings. The molecule has 0 bridgehead atoms. The Hall–Kier alpha value is -2.74. The number of aliphatic hydroxyl groups is 1. The molecule has 0 spiro atoms. The summed E-state index contributed by atoms with van der Waals surface area (Å²) in [5, 5.41) is 11.8. The average molecular weight is 505 g/mol. The third kappa shape index (κ3) is 4.48. The van der Waals surface area contributed by atoms with Gasteiger partial charge in [0.1, 0.15) is 11.5 Å². The van der Waals surface area contributed by atoms with Gasteiger partial charge in [0.2, 0.25) is 0 Å². The summed E-state index contributed by atoms with van der Waals surface area (Å²) in [6.07, 6.45) is 1.53. The number of hydrogen-bond donors (Lipinski definition) is 1. The summed E-state index contributed by atoms with van der Waals surface area (Å²) in [6, 6.07) is 9.64. The standard InChI is InChI=1S/C25H26Cl2N2O5/c1-28(2)16-8-6-14(7-9-16)21-20(22(30)18-11-15(26)12-19(27)24(18)33-3)23(31)25(32)29(21)13-17-5-4-10-34-17/h6-9,11-12,17,21,30H,4-5,10,13H2,1-3H3/b22-20+. The lowest BCUT2D eigenvalue weighted by Crippen LogP contribution is -2.36. The minimum absolute atomic E-state index is 0.0442. The minimum Gasteiger partial charge on any atom is -0.507 e. The highest BCUT2D eigenvalue weighted by Gasteiger charge is 2.47. The zero-order valence-corrected chi connectivity index (χ0v) is 20.7. The highest BCUT2D eigenvalue weighted by Crippen LogP contribution is 2.43. The number of rotatable bonds is 6. The van der Waals surface area contributed by atoms with Gasteiger partial charge in [-0.3, -0.25) is 9.59 Å². The van der Waals surface area contributed by atoms with Crippen LogP contribution in [0.25, 0.3) is 5.76 Å². The summed E-state index contributed by atoms with van der Waals surface area (Å²) in [7, 11) is 5.25. The first kappa shape index (κ1) is 24.4. The topological polar surface area (TPSA) is 79.3 Å². The molecular weight excluding hydrogens is 479 g/mol. The lowest BCUT2D eigenvalue weighted by atomic mass is 9.94. The van der Waals surface area contributed by atoms with Gasteiger partial charge in [0, 0.05) is 38.0 Å². The van der Waals surface area contributed by atoms with E-state index in [0.717, 1.165) is 18.5 Å². The van der Waals surface area contributed by atoms with Gasteiger partial charge in [-0.15, -0.1) is 0 Å². The van der Waals surface area contributed by atoms with E-state index in [1.807, 2.05) is 43.3 Å². The Labute approximate surface area is 208 Å². The number of anilines is 1. The van der Waals surface area contributed by atoms with Gasteiger partial charge in [-0.1, -0.05) is 35.3 Å². The van der Waals surface area contributed by atoms with E-state index in [4.69, 9.17) is 32.7 Å². The molecule has 2 aromatic carbocycles. The minimum atomic E-state index is -0.803. The Kier molecular flexibility index (Phi) is 7.07. The maximum Gasteiger partial charge on any atom is 0.295 e. The van der Waals surface area contributed by atoms with Crippen LogP contribution in [0.15, 0.2) is 42.0 Å². The summed E-state index contributed by atoms with van der Waals surface area (Å²) in [6.45, 7) is 0.865. The number of ether oxygens (including phenoxy) is 2. The molecule has 4 rings (SSSR count). The molecule has 2 aliphatic heterocycles. The number of likely N-dealkylation sites (tertiary alicyclic amines) is 1. The second-order valence-electron chi connectivity index (χ2n) is 8.54. The molecule has 2 aliphatic rings. The number of methoxy groups -OCH3 is 1. The first-order valence-electron chi connectivity index (χ1n) is 10.9. The van der Waals surface area contributed by atoms with Crippen molar-refractivity contribution in [1.29, 1.82) is 0 Å². The Morgan fingerprint density at radius 1 is 1.21 bits per heavy atom. The zero-order chi connectivity index (χ0) is 24.6. The zero-order valence-electron chi connectivity index (χ0n) is 19.2. The van der Waals surface area contributed by atoms with Crippen LogP contribution in [0.3, 0.4) is 0 Å². The monoisotopic (exact) mass is 504 g/mol. The fourth-order valence-electron chi connectivity index (χ4n) is 4.47. The summed E-state index contributed by atoms with van der Waals surface area (Å²) in [5.41, 5.74) is 1.75. The molecule has 0 radical (unpaired) electrons. The van der Waals surface area contributed by atoms with Gasteiger partial charge >= 0.3 is 0 Å². The molecule has 0 aliphatic carbocycles. The van der Waals surface area contributed by atoms with Crippen molar-refractivity contribution in [1.82, 2.24) is 4.90 Å². The number of carbonyl (C=O) groups excluding carboxylic acids is 2. The van der Waals surface area contributed by atoms with Crippen LogP contribution in [0, 0.1) is 0 Å². The van der Waals surface area contributed by atoms with Crippen LogP contribution in [0.2, 0.25) is 10.0 Å². The normalized spacial score (nSPS) is 21.9. The highest BCUT2D eigenvalue weighted by atomic mass is 35.5. The molecule has 7 nitrogen and oxygen atoms in total. The number of hydrogen-bond acceptors (Lipinski definition) is 6. The van der Waals surface area contributed by atoms with Crippen molar-refractivity contribution in [3.8, 4) is 5.75 Å². The maximum atomic E-state index is 13.3. The number of Topliss-reactive ketones (excluding diaryl/α,β-unsaturated/α-hetero) is 1. The Balaban J connectivity index is 1.88. The summed E-state index contributed by atoms with van der Waals surface area (Å²) >= 11 is 12.4. The van der Waals surface area contributed by atoms with Crippen molar-refractivity contribution in [2.75, 3.05) is 39.3 Å². The number of nitrogens with zero attached hydrogens (tertiary/aromatic N) is 2. The fourth-order valence-corrected chi connectivity index (χ4v) is 5.04. The van der Waals surface area contributed by atoms with E-state index in [2.05, 4.69) is 0 Å². The molecule has 0 aromatic heterocycles. The van der Waals surface area contributed by atoms with Gasteiger partial charge in [0.25, 0.3) is 11.7 Å². The third-order valence-electron chi connectivity index (χ3n) is 6.16. The molecule has 2 saturated heterocycles. The molecular formula is C25H26Cl2N2O5.